The van der Waals surface area contributed by atoms with E-state index in [4.69, 9.17) is 0 Å². The zero-order chi connectivity index (χ0) is 9.14. The zero-order valence-corrected chi connectivity index (χ0v) is 8.55. The number of nitrogens with zero attached hydrogens (tertiary/aromatic N) is 2. The molecule has 0 fully saturated rings. The molecule has 0 aliphatic heterocycles. The van der Waals surface area contributed by atoms with E-state index in [1.165, 1.54) is 6.20 Å². The second-order valence-electron chi connectivity index (χ2n) is 2.74. The third-order valence-corrected chi connectivity index (χ3v) is 1.84. The average molecular weight is 232 g/mol. The van der Waals surface area contributed by atoms with Gasteiger partial charge in [0.2, 0.25) is 0 Å². The number of hydrogen-bond acceptors (Lipinski definition) is 3. The van der Waals surface area contributed by atoms with Crippen molar-refractivity contribution in [3.8, 4) is 0 Å². The maximum absolute atomic E-state index is 11.1. The summed E-state index contributed by atoms with van der Waals surface area (Å²) in [5.74, 6) is 0.674. The molecule has 0 spiro atoms. The summed E-state index contributed by atoms with van der Waals surface area (Å²) in [4.78, 5) is 19.7. The topological polar surface area (TPSA) is 49.0 Å². The normalized spacial score (nSPS) is 10.7. The van der Waals surface area contributed by atoms with Gasteiger partial charge in [-0.15, -0.1) is 0 Å². The highest BCUT2D eigenvalue weighted by atomic mass is 79.9. The van der Waals surface area contributed by atoms with E-state index in [1.807, 2.05) is 19.0 Å². The summed E-state index contributed by atoms with van der Waals surface area (Å²) >= 11 is 3.08. The van der Waals surface area contributed by atoms with Crippen LogP contribution in [0.3, 0.4) is 0 Å². The second-order valence-corrected chi connectivity index (χ2v) is 3.60. The molecule has 0 aliphatic rings. The number of halogens is 1. The SMILES string of the molecule is CN(C)Cc1ncc(Br)c(=O)[nH]1. The molecule has 0 amide bonds. The van der Waals surface area contributed by atoms with Gasteiger partial charge in [0.1, 0.15) is 10.3 Å². The van der Waals surface area contributed by atoms with Crippen LogP contribution < -0.4 is 5.56 Å². The Morgan fingerprint density at radius 3 is 2.83 bits per heavy atom. The van der Waals surface area contributed by atoms with E-state index in [0.29, 0.717) is 16.8 Å². The molecule has 0 aliphatic carbocycles. The third-order valence-electron chi connectivity index (χ3n) is 1.27. The molecule has 0 aromatic carbocycles. The Kier molecular flexibility index (Phi) is 2.99. The first-order chi connectivity index (χ1) is 5.59. The molecular formula is C7H10BrN3O. The predicted molar refractivity (Wildman–Crippen MR) is 49.9 cm³/mol. The Morgan fingerprint density at radius 2 is 2.33 bits per heavy atom. The molecule has 0 radical (unpaired) electrons. The van der Waals surface area contributed by atoms with Gasteiger partial charge in [-0.1, -0.05) is 0 Å². The molecule has 1 rings (SSSR count). The Morgan fingerprint density at radius 1 is 1.67 bits per heavy atom. The maximum atomic E-state index is 11.1. The van der Waals surface area contributed by atoms with Crippen LogP contribution >= 0.6 is 15.9 Å². The van der Waals surface area contributed by atoms with Gasteiger partial charge in [0.15, 0.2) is 0 Å². The van der Waals surface area contributed by atoms with Gasteiger partial charge >= 0.3 is 0 Å². The van der Waals surface area contributed by atoms with Crippen LogP contribution in [0.15, 0.2) is 15.5 Å². The van der Waals surface area contributed by atoms with Crippen LogP contribution in [0.4, 0.5) is 0 Å². The lowest BCUT2D eigenvalue weighted by Gasteiger charge is -2.07. The number of rotatable bonds is 2. The van der Waals surface area contributed by atoms with E-state index in [-0.39, 0.29) is 5.56 Å². The monoisotopic (exact) mass is 231 g/mol. The molecule has 1 heterocycles. The molecule has 12 heavy (non-hydrogen) atoms. The highest BCUT2D eigenvalue weighted by Crippen LogP contribution is 1.99. The fourth-order valence-corrected chi connectivity index (χ4v) is 0.998. The Bertz CT molecular complexity index is 321. The molecule has 0 saturated heterocycles. The van der Waals surface area contributed by atoms with Crippen LogP contribution in [0.5, 0.6) is 0 Å². The van der Waals surface area contributed by atoms with Gasteiger partial charge in [0.25, 0.3) is 5.56 Å². The number of aromatic nitrogens is 2. The molecule has 0 saturated carbocycles. The maximum Gasteiger partial charge on any atom is 0.265 e. The summed E-state index contributed by atoms with van der Waals surface area (Å²) < 4.78 is 0.463. The predicted octanol–water partition coefficient (Wildman–Crippen LogP) is 0.594. The van der Waals surface area contributed by atoms with Crippen LogP contribution in [0.2, 0.25) is 0 Å². The largest absolute Gasteiger partial charge is 0.308 e. The molecule has 1 aromatic rings. The van der Waals surface area contributed by atoms with E-state index < -0.39 is 0 Å². The minimum absolute atomic E-state index is 0.137. The van der Waals surface area contributed by atoms with Gasteiger partial charge in [-0.3, -0.25) is 4.79 Å². The van der Waals surface area contributed by atoms with Crippen molar-refractivity contribution >= 4 is 15.9 Å². The van der Waals surface area contributed by atoms with Crippen molar-refractivity contribution in [1.29, 1.82) is 0 Å². The molecule has 66 valence electrons. The molecule has 4 nitrogen and oxygen atoms in total. The first-order valence-corrected chi connectivity index (χ1v) is 4.27. The highest BCUT2D eigenvalue weighted by Gasteiger charge is 1.99. The minimum Gasteiger partial charge on any atom is -0.308 e. The lowest BCUT2D eigenvalue weighted by Crippen LogP contribution is -2.18. The summed E-state index contributed by atoms with van der Waals surface area (Å²) in [6.45, 7) is 0.641. The summed E-state index contributed by atoms with van der Waals surface area (Å²) in [6.07, 6.45) is 1.51. The van der Waals surface area contributed by atoms with Crippen molar-refractivity contribution in [2.24, 2.45) is 0 Å². The minimum atomic E-state index is -0.137. The van der Waals surface area contributed by atoms with Gasteiger partial charge in [0.05, 0.1) is 6.54 Å². The van der Waals surface area contributed by atoms with Crippen molar-refractivity contribution in [2.45, 2.75) is 6.54 Å². The van der Waals surface area contributed by atoms with Crippen LogP contribution in [0, 0.1) is 0 Å². The molecule has 0 unspecified atom stereocenters. The Labute approximate surface area is 78.8 Å². The summed E-state index contributed by atoms with van der Waals surface area (Å²) in [7, 11) is 3.84. The summed E-state index contributed by atoms with van der Waals surface area (Å²) in [5.41, 5.74) is -0.137. The van der Waals surface area contributed by atoms with Crippen LogP contribution in [-0.4, -0.2) is 29.0 Å². The first kappa shape index (κ1) is 9.41. The summed E-state index contributed by atoms with van der Waals surface area (Å²) in [5, 5.41) is 0. The Balaban J connectivity index is 2.90. The molecule has 5 heteroatoms. The molecule has 0 atom stereocenters. The standard InChI is InChI=1S/C7H10BrN3O/c1-11(2)4-6-9-3-5(8)7(12)10-6/h3H,4H2,1-2H3,(H,9,10,12). The molecule has 1 N–H and O–H groups in total. The van der Waals surface area contributed by atoms with E-state index in [1.54, 1.807) is 0 Å². The Hall–Kier alpha value is -0.680. The molecule has 0 bridgehead atoms. The van der Waals surface area contributed by atoms with E-state index in [2.05, 4.69) is 25.9 Å². The highest BCUT2D eigenvalue weighted by molar-refractivity contribution is 9.10. The smallest absolute Gasteiger partial charge is 0.265 e. The van der Waals surface area contributed by atoms with Crippen molar-refractivity contribution in [3.63, 3.8) is 0 Å². The van der Waals surface area contributed by atoms with Gasteiger partial charge in [-0.05, 0) is 30.0 Å². The van der Waals surface area contributed by atoms with Crippen LogP contribution in [0.1, 0.15) is 5.82 Å². The quantitative estimate of drug-likeness (QED) is 0.811. The fraction of sp³-hybridized carbons (Fsp3) is 0.429. The van der Waals surface area contributed by atoms with Crippen molar-refractivity contribution in [2.75, 3.05) is 14.1 Å². The van der Waals surface area contributed by atoms with Crippen molar-refractivity contribution < 1.29 is 0 Å². The number of hydrogen-bond donors (Lipinski definition) is 1. The number of aromatic amines is 1. The van der Waals surface area contributed by atoms with E-state index >= 15 is 0 Å². The van der Waals surface area contributed by atoms with Crippen molar-refractivity contribution in [3.05, 3.63) is 26.8 Å². The van der Waals surface area contributed by atoms with Gasteiger partial charge < -0.3 is 9.88 Å². The second kappa shape index (κ2) is 3.82. The van der Waals surface area contributed by atoms with Crippen molar-refractivity contribution in [1.82, 2.24) is 14.9 Å². The lowest BCUT2D eigenvalue weighted by atomic mass is 10.5. The van der Waals surface area contributed by atoms with E-state index in [0.717, 1.165) is 0 Å². The first-order valence-electron chi connectivity index (χ1n) is 3.48. The van der Waals surface area contributed by atoms with Gasteiger partial charge in [0, 0.05) is 6.20 Å². The zero-order valence-electron chi connectivity index (χ0n) is 6.97. The van der Waals surface area contributed by atoms with Crippen LogP contribution in [-0.2, 0) is 6.54 Å². The van der Waals surface area contributed by atoms with Crippen LogP contribution in [0.25, 0.3) is 0 Å². The number of nitrogens with one attached hydrogen (secondary N) is 1. The third kappa shape index (κ3) is 2.42. The van der Waals surface area contributed by atoms with Gasteiger partial charge in [-0.25, -0.2) is 4.98 Å². The molecule has 1 aromatic heterocycles. The number of H-pyrrole nitrogens is 1. The van der Waals surface area contributed by atoms with E-state index in [9.17, 15) is 4.79 Å². The molecular weight excluding hydrogens is 222 g/mol. The lowest BCUT2D eigenvalue weighted by molar-refractivity contribution is 0.389. The average Bonchev–Trinajstić information content (AvgIpc) is 1.96. The van der Waals surface area contributed by atoms with Gasteiger partial charge in [-0.2, -0.15) is 0 Å². The summed E-state index contributed by atoms with van der Waals surface area (Å²) in [6, 6.07) is 0. The fourth-order valence-electron chi connectivity index (χ4n) is 0.796.